The van der Waals surface area contributed by atoms with Crippen LogP contribution < -0.4 is 4.74 Å². The second-order valence-corrected chi connectivity index (χ2v) is 8.21. The van der Waals surface area contributed by atoms with Gasteiger partial charge in [-0.15, -0.1) is 0 Å². The molecule has 1 aliphatic carbocycles. The molecule has 1 aliphatic rings. The molecule has 0 saturated heterocycles. The number of rotatable bonds is 11. The van der Waals surface area contributed by atoms with E-state index in [1.54, 1.807) is 6.07 Å². The Morgan fingerprint density at radius 1 is 1.07 bits per heavy atom. The summed E-state index contributed by atoms with van der Waals surface area (Å²) in [5.41, 5.74) is -0.0440. The van der Waals surface area contributed by atoms with Crippen LogP contribution in [0.5, 0.6) is 5.75 Å². The Kier molecular flexibility index (Phi) is 10.0. The maximum atomic E-state index is 13.6. The second kappa shape index (κ2) is 12.5. The summed E-state index contributed by atoms with van der Waals surface area (Å²) in [5, 5.41) is 8.73. The van der Waals surface area contributed by atoms with Gasteiger partial charge >= 0.3 is 5.97 Å². The molecule has 1 aromatic rings. The molecule has 0 bridgehead atoms. The van der Waals surface area contributed by atoms with Crippen molar-refractivity contribution in [3.05, 3.63) is 29.6 Å². The summed E-state index contributed by atoms with van der Waals surface area (Å²) in [4.78, 5) is 12.0. The third kappa shape index (κ3) is 8.00. The van der Waals surface area contributed by atoms with Gasteiger partial charge in [0.1, 0.15) is 17.6 Å². The van der Waals surface area contributed by atoms with Crippen molar-refractivity contribution >= 4 is 5.97 Å². The van der Waals surface area contributed by atoms with Crippen molar-refractivity contribution < 1.29 is 13.9 Å². The van der Waals surface area contributed by atoms with Crippen molar-refractivity contribution in [1.29, 1.82) is 5.26 Å². The Morgan fingerprint density at radius 3 is 2.36 bits per heavy atom. The second-order valence-electron chi connectivity index (χ2n) is 8.21. The van der Waals surface area contributed by atoms with E-state index in [-0.39, 0.29) is 17.3 Å². The summed E-state index contributed by atoms with van der Waals surface area (Å²) in [7, 11) is 0. The van der Waals surface area contributed by atoms with Crippen LogP contribution in [0.25, 0.3) is 0 Å². The van der Waals surface area contributed by atoms with Crippen LogP contribution in [0, 0.1) is 29.0 Å². The van der Waals surface area contributed by atoms with Crippen LogP contribution >= 0.6 is 0 Å². The average molecular weight is 388 g/mol. The molecule has 0 N–H and O–H groups in total. The molecule has 28 heavy (non-hydrogen) atoms. The highest BCUT2D eigenvalue weighted by Crippen LogP contribution is 2.34. The van der Waals surface area contributed by atoms with Crippen LogP contribution in [-0.4, -0.2) is 5.97 Å². The van der Waals surface area contributed by atoms with Crippen LogP contribution in [0.3, 0.4) is 0 Å². The standard InChI is InChI=1S/C24H34FNO2/c1-2-3-4-5-6-7-8-19-9-11-20(12-10-19)13-16-24(27)28-22-15-14-21(18-26)23(25)17-22/h14-15,17,19-20H,2-13,16H2,1H3/t19-,20-. The maximum absolute atomic E-state index is 13.6. The van der Waals surface area contributed by atoms with Crippen molar-refractivity contribution in [3.63, 3.8) is 0 Å². The van der Waals surface area contributed by atoms with Crippen LogP contribution in [0.2, 0.25) is 0 Å². The molecule has 0 aliphatic heterocycles. The summed E-state index contributed by atoms with van der Waals surface area (Å²) < 4.78 is 18.8. The minimum atomic E-state index is -0.656. The average Bonchev–Trinajstić information content (AvgIpc) is 2.70. The molecule has 0 atom stereocenters. The van der Waals surface area contributed by atoms with Gasteiger partial charge in [0.2, 0.25) is 0 Å². The topological polar surface area (TPSA) is 50.1 Å². The van der Waals surface area contributed by atoms with Crippen molar-refractivity contribution in [2.24, 2.45) is 11.8 Å². The van der Waals surface area contributed by atoms with Gasteiger partial charge in [0.05, 0.1) is 5.56 Å². The molecule has 0 aromatic heterocycles. The molecule has 0 spiro atoms. The van der Waals surface area contributed by atoms with E-state index in [1.165, 1.54) is 82.8 Å². The molecule has 154 valence electrons. The van der Waals surface area contributed by atoms with E-state index in [0.717, 1.165) is 18.4 Å². The molecule has 1 aromatic carbocycles. The zero-order valence-electron chi connectivity index (χ0n) is 17.2. The smallest absolute Gasteiger partial charge is 0.311 e. The van der Waals surface area contributed by atoms with Gasteiger partial charge in [0, 0.05) is 12.5 Å². The van der Waals surface area contributed by atoms with Crippen molar-refractivity contribution in [2.75, 3.05) is 0 Å². The minimum Gasteiger partial charge on any atom is -0.426 e. The molecule has 0 amide bonds. The lowest BCUT2D eigenvalue weighted by molar-refractivity contribution is -0.134. The Morgan fingerprint density at radius 2 is 1.71 bits per heavy atom. The first-order chi connectivity index (χ1) is 13.6. The predicted octanol–water partition coefficient (Wildman–Crippen LogP) is 6.94. The number of ether oxygens (including phenoxy) is 1. The van der Waals surface area contributed by atoms with E-state index in [2.05, 4.69) is 6.92 Å². The quantitative estimate of drug-likeness (QED) is 0.235. The van der Waals surface area contributed by atoms with Crippen LogP contribution in [0.1, 0.15) is 96.0 Å². The molecule has 2 rings (SSSR count). The number of halogens is 1. The number of unbranched alkanes of at least 4 members (excludes halogenated alkanes) is 5. The van der Waals surface area contributed by atoms with Gasteiger partial charge in [0.15, 0.2) is 0 Å². The van der Waals surface area contributed by atoms with Crippen molar-refractivity contribution in [3.8, 4) is 11.8 Å². The van der Waals surface area contributed by atoms with Gasteiger partial charge in [-0.05, 0) is 30.4 Å². The first-order valence-corrected chi connectivity index (χ1v) is 11.0. The van der Waals surface area contributed by atoms with Crippen LogP contribution in [-0.2, 0) is 4.79 Å². The number of nitrogens with zero attached hydrogens (tertiary/aromatic N) is 1. The lowest BCUT2D eigenvalue weighted by Gasteiger charge is -2.28. The Bertz CT molecular complexity index is 644. The predicted molar refractivity (Wildman–Crippen MR) is 109 cm³/mol. The highest BCUT2D eigenvalue weighted by molar-refractivity contribution is 5.72. The Labute approximate surface area is 169 Å². The Balaban J connectivity index is 1.58. The fourth-order valence-corrected chi connectivity index (χ4v) is 4.18. The van der Waals surface area contributed by atoms with Gasteiger partial charge in [0.25, 0.3) is 0 Å². The van der Waals surface area contributed by atoms with E-state index < -0.39 is 5.82 Å². The lowest BCUT2D eigenvalue weighted by atomic mass is 9.78. The van der Waals surface area contributed by atoms with Crippen LogP contribution in [0.15, 0.2) is 18.2 Å². The van der Waals surface area contributed by atoms with Gasteiger partial charge in [-0.3, -0.25) is 4.79 Å². The largest absolute Gasteiger partial charge is 0.426 e. The SMILES string of the molecule is CCCCCCCC[C@H]1CC[C@H](CCC(=O)Oc2ccc(C#N)c(F)c2)CC1. The van der Waals surface area contributed by atoms with E-state index in [1.807, 2.05) is 0 Å². The summed E-state index contributed by atoms with van der Waals surface area (Å²) in [6.07, 6.45) is 15.8. The fourth-order valence-electron chi connectivity index (χ4n) is 4.18. The number of esters is 1. The van der Waals surface area contributed by atoms with Gasteiger partial charge in [-0.2, -0.15) is 5.26 Å². The lowest BCUT2D eigenvalue weighted by Crippen LogP contribution is -2.17. The summed E-state index contributed by atoms with van der Waals surface area (Å²) in [5.74, 6) is 0.668. The molecule has 1 saturated carbocycles. The monoisotopic (exact) mass is 387 g/mol. The highest BCUT2D eigenvalue weighted by Gasteiger charge is 2.21. The first-order valence-electron chi connectivity index (χ1n) is 11.0. The molecular formula is C24H34FNO2. The summed E-state index contributed by atoms with van der Waals surface area (Å²) in [6.45, 7) is 2.25. The Hall–Kier alpha value is -1.89. The number of carbonyl (C=O) groups excluding carboxylic acids is 1. The van der Waals surface area contributed by atoms with Crippen LogP contribution in [0.4, 0.5) is 4.39 Å². The van der Waals surface area contributed by atoms with E-state index in [0.29, 0.717) is 12.3 Å². The highest BCUT2D eigenvalue weighted by atomic mass is 19.1. The third-order valence-corrected chi connectivity index (χ3v) is 5.98. The van der Waals surface area contributed by atoms with E-state index in [9.17, 15) is 9.18 Å². The van der Waals surface area contributed by atoms with Gasteiger partial charge in [-0.1, -0.05) is 77.6 Å². The molecule has 0 heterocycles. The molecule has 0 unspecified atom stereocenters. The van der Waals surface area contributed by atoms with Crippen molar-refractivity contribution in [2.45, 2.75) is 90.4 Å². The van der Waals surface area contributed by atoms with E-state index in [4.69, 9.17) is 10.00 Å². The number of benzene rings is 1. The van der Waals surface area contributed by atoms with E-state index >= 15 is 0 Å². The third-order valence-electron chi connectivity index (χ3n) is 5.98. The fraction of sp³-hybridized carbons (Fsp3) is 0.667. The van der Waals surface area contributed by atoms with Gasteiger partial charge < -0.3 is 4.74 Å². The zero-order valence-corrected chi connectivity index (χ0v) is 17.2. The minimum absolute atomic E-state index is 0.0440. The summed E-state index contributed by atoms with van der Waals surface area (Å²) in [6, 6.07) is 5.66. The molecular weight excluding hydrogens is 353 g/mol. The molecule has 1 fully saturated rings. The van der Waals surface area contributed by atoms with Gasteiger partial charge in [-0.25, -0.2) is 4.39 Å². The zero-order chi connectivity index (χ0) is 20.2. The maximum Gasteiger partial charge on any atom is 0.311 e. The number of hydrogen-bond acceptors (Lipinski definition) is 3. The molecule has 0 radical (unpaired) electrons. The number of nitriles is 1. The summed E-state index contributed by atoms with van der Waals surface area (Å²) >= 11 is 0. The van der Waals surface area contributed by atoms with Crippen molar-refractivity contribution in [1.82, 2.24) is 0 Å². The molecule has 4 heteroatoms. The molecule has 3 nitrogen and oxygen atoms in total. The number of hydrogen-bond donors (Lipinski definition) is 0. The normalized spacial score (nSPS) is 19.2. The number of carbonyl (C=O) groups is 1. The first kappa shape index (κ1) is 22.4.